The number of carboxylic acids is 1. The SMILES string of the molecule is NCCC(=O)NC(CCS)C(=O)O. The Morgan fingerprint density at radius 3 is 2.54 bits per heavy atom. The van der Waals surface area contributed by atoms with Crippen LogP contribution in [0.3, 0.4) is 0 Å². The van der Waals surface area contributed by atoms with Crippen LogP contribution in [0.5, 0.6) is 0 Å². The first-order valence-corrected chi connectivity index (χ1v) is 4.58. The van der Waals surface area contributed by atoms with E-state index in [2.05, 4.69) is 17.9 Å². The number of aliphatic carboxylic acids is 1. The van der Waals surface area contributed by atoms with Crippen LogP contribution in [0.1, 0.15) is 12.8 Å². The van der Waals surface area contributed by atoms with Gasteiger partial charge in [-0.1, -0.05) is 0 Å². The molecule has 0 fully saturated rings. The number of nitrogens with two attached hydrogens (primary N) is 1. The van der Waals surface area contributed by atoms with Crippen molar-refractivity contribution in [3.8, 4) is 0 Å². The lowest BCUT2D eigenvalue weighted by atomic mass is 10.2. The number of hydrogen-bond acceptors (Lipinski definition) is 4. The molecule has 13 heavy (non-hydrogen) atoms. The molecule has 0 aliphatic carbocycles. The van der Waals surface area contributed by atoms with Crippen molar-refractivity contribution in [2.75, 3.05) is 12.3 Å². The molecule has 76 valence electrons. The molecule has 0 bridgehead atoms. The molecular weight excluding hydrogens is 192 g/mol. The van der Waals surface area contributed by atoms with Crippen molar-refractivity contribution in [1.82, 2.24) is 5.32 Å². The highest BCUT2D eigenvalue weighted by molar-refractivity contribution is 7.80. The van der Waals surface area contributed by atoms with E-state index in [4.69, 9.17) is 10.8 Å². The quantitative estimate of drug-likeness (QED) is 0.429. The van der Waals surface area contributed by atoms with E-state index in [-0.39, 0.29) is 18.9 Å². The van der Waals surface area contributed by atoms with E-state index in [1.165, 1.54) is 0 Å². The molecule has 0 aliphatic heterocycles. The lowest BCUT2D eigenvalue weighted by molar-refractivity contribution is -0.141. The Morgan fingerprint density at radius 2 is 2.15 bits per heavy atom. The maximum absolute atomic E-state index is 11.0. The third kappa shape index (κ3) is 5.48. The van der Waals surface area contributed by atoms with E-state index in [0.717, 1.165) is 0 Å². The fourth-order valence-electron chi connectivity index (χ4n) is 0.784. The van der Waals surface area contributed by atoms with Gasteiger partial charge < -0.3 is 16.2 Å². The summed E-state index contributed by atoms with van der Waals surface area (Å²) in [5.41, 5.74) is 5.13. The van der Waals surface area contributed by atoms with Crippen LogP contribution in [-0.2, 0) is 9.59 Å². The third-order valence-corrected chi connectivity index (χ3v) is 1.68. The normalized spacial score (nSPS) is 12.2. The summed E-state index contributed by atoms with van der Waals surface area (Å²) in [4.78, 5) is 21.5. The predicted octanol–water partition coefficient (Wildman–Crippen LogP) is -0.775. The maximum Gasteiger partial charge on any atom is 0.326 e. The average molecular weight is 206 g/mol. The van der Waals surface area contributed by atoms with Gasteiger partial charge in [-0.15, -0.1) is 0 Å². The molecule has 0 aromatic carbocycles. The summed E-state index contributed by atoms with van der Waals surface area (Å²) in [6.07, 6.45) is 0.463. The predicted molar refractivity (Wildman–Crippen MR) is 51.7 cm³/mol. The van der Waals surface area contributed by atoms with Crippen molar-refractivity contribution < 1.29 is 14.7 Å². The topological polar surface area (TPSA) is 92.4 Å². The Labute approximate surface area is 82.1 Å². The fraction of sp³-hybridized carbons (Fsp3) is 0.714. The van der Waals surface area contributed by atoms with E-state index in [0.29, 0.717) is 12.2 Å². The highest BCUT2D eigenvalue weighted by Gasteiger charge is 2.17. The Morgan fingerprint density at radius 1 is 1.54 bits per heavy atom. The highest BCUT2D eigenvalue weighted by Crippen LogP contribution is 1.95. The first-order valence-electron chi connectivity index (χ1n) is 3.95. The van der Waals surface area contributed by atoms with Crippen LogP contribution in [0.2, 0.25) is 0 Å². The second-order valence-electron chi connectivity index (χ2n) is 2.51. The zero-order chi connectivity index (χ0) is 10.3. The number of hydrogen-bond donors (Lipinski definition) is 4. The molecule has 1 atom stereocenters. The van der Waals surface area contributed by atoms with E-state index >= 15 is 0 Å². The van der Waals surface area contributed by atoms with Gasteiger partial charge in [-0.25, -0.2) is 4.79 Å². The van der Waals surface area contributed by atoms with Gasteiger partial charge in [0.15, 0.2) is 0 Å². The molecule has 0 aliphatic rings. The summed E-state index contributed by atoms with van der Waals surface area (Å²) >= 11 is 3.89. The number of thiol groups is 1. The highest BCUT2D eigenvalue weighted by atomic mass is 32.1. The van der Waals surface area contributed by atoms with Gasteiger partial charge in [-0.3, -0.25) is 4.79 Å². The molecule has 0 rings (SSSR count). The summed E-state index contributed by atoms with van der Waals surface area (Å²) in [5, 5.41) is 11.0. The molecule has 0 radical (unpaired) electrons. The van der Waals surface area contributed by atoms with E-state index in [1.54, 1.807) is 0 Å². The van der Waals surface area contributed by atoms with Gasteiger partial charge in [0.1, 0.15) is 6.04 Å². The summed E-state index contributed by atoms with van der Waals surface area (Å²) in [6.45, 7) is 0.221. The van der Waals surface area contributed by atoms with Crippen LogP contribution in [0.25, 0.3) is 0 Å². The van der Waals surface area contributed by atoms with Gasteiger partial charge in [-0.2, -0.15) is 12.6 Å². The van der Waals surface area contributed by atoms with Gasteiger partial charge >= 0.3 is 5.97 Å². The van der Waals surface area contributed by atoms with Crippen LogP contribution in [0.4, 0.5) is 0 Å². The third-order valence-electron chi connectivity index (χ3n) is 1.42. The molecular formula is C7H14N2O3S. The second-order valence-corrected chi connectivity index (χ2v) is 2.96. The van der Waals surface area contributed by atoms with E-state index in [9.17, 15) is 9.59 Å². The summed E-state index contributed by atoms with van der Waals surface area (Å²) in [6, 6.07) is -0.850. The van der Waals surface area contributed by atoms with Crippen molar-refractivity contribution in [2.45, 2.75) is 18.9 Å². The smallest absolute Gasteiger partial charge is 0.326 e. The lowest BCUT2D eigenvalue weighted by Crippen LogP contribution is -2.41. The average Bonchev–Trinajstić information content (AvgIpc) is 2.04. The number of carbonyl (C=O) groups is 2. The number of amides is 1. The van der Waals surface area contributed by atoms with Crippen LogP contribution >= 0.6 is 12.6 Å². The van der Waals surface area contributed by atoms with Crippen LogP contribution in [-0.4, -0.2) is 35.3 Å². The van der Waals surface area contributed by atoms with Crippen molar-refractivity contribution in [2.24, 2.45) is 5.73 Å². The first kappa shape index (κ1) is 12.2. The second kappa shape index (κ2) is 6.73. The minimum atomic E-state index is -1.04. The first-order chi connectivity index (χ1) is 6.11. The molecule has 0 saturated heterocycles. The summed E-state index contributed by atoms with van der Waals surface area (Å²) < 4.78 is 0. The standard InChI is InChI=1S/C7H14N2O3S/c8-3-1-6(10)9-5(2-4-13)7(11)12/h5,13H,1-4,8H2,(H,9,10)(H,11,12). The molecule has 5 nitrogen and oxygen atoms in total. The Kier molecular flexibility index (Phi) is 6.34. The monoisotopic (exact) mass is 206 g/mol. The zero-order valence-electron chi connectivity index (χ0n) is 7.19. The van der Waals surface area contributed by atoms with E-state index < -0.39 is 12.0 Å². The molecule has 4 N–H and O–H groups in total. The minimum Gasteiger partial charge on any atom is -0.480 e. The number of nitrogens with one attached hydrogen (secondary N) is 1. The van der Waals surface area contributed by atoms with Crippen molar-refractivity contribution in [3.63, 3.8) is 0 Å². The van der Waals surface area contributed by atoms with Gasteiger partial charge in [0.05, 0.1) is 0 Å². The van der Waals surface area contributed by atoms with Crippen LogP contribution in [0, 0.1) is 0 Å². The van der Waals surface area contributed by atoms with Crippen LogP contribution < -0.4 is 11.1 Å². The summed E-state index contributed by atoms with van der Waals surface area (Å²) in [7, 11) is 0. The lowest BCUT2D eigenvalue weighted by Gasteiger charge is -2.12. The molecule has 1 unspecified atom stereocenters. The van der Waals surface area contributed by atoms with Gasteiger partial charge in [0, 0.05) is 13.0 Å². The summed E-state index contributed by atoms with van der Waals surface area (Å²) in [5.74, 6) is -0.962. The minimum absolute atomic E-state index is 0.149. The maximum atomic E-state index is 11.0. The van der Waals surface area contributed by atoms with Crippen molar-refractivity contribution in [1.29, 1.82) is 0 Å². The molecule has 0 aromatic rings. The molecule has 0 spiro atoms. The number of carboxylic acid groups (broad SMARTS) is 1. The van der Waals surface area contributed by atoms with E-state index in [1.807, 2.05) is 0 Å². The molecule has 0 aromatic heterocycles. The van der Waals surface area contributed by atoms with Crippen LogP contribution in [0.15, 0.2) is 0 Å². The largest absolute Gasteiger partial charge is 0.480 e. The fourth-order valence-corrected chi connectivity index (χ4v) is 1.04. The Balaban J connectivity index is 3.94. The van der Waals surface area contributed by atoms with Crippen molar-refractivity contribution >= 4 is 24.5 Å². The van der Waals surface area contributed by atoms with Gasteiger partial charge in [0.25, 0.3) is 0 Å². The molecule has 0 saturated carbocycles. The molecule has 6 heteroatoms. The Hall–Kier alpha value is -0.750. The van der Waals surface area contributed by atoms with Crippen molar-refractivity contribution in [3.05, 3.63) is 0 Å². The zero-order valence-corrected chi connectivity index (χ0v) is 8.09. The number of rotatable bonds is 6. The van der Waals surface area contributed by atoms with Gasteiger partial charge in [0.2, 0.25) is 5.91 Å². The molecule has 0 heterocycles. The molecule has 1 amide bonds. The number of carbonyl (C=O) groups excluding carboxylic acids is 1. The van der Waals surface area contributed by atoms with Gasteiger partial charge in [-0.05, 0) is 12.2 Å². The Bertz CT molecular complexity index is 187.